The molecule has 0 bridgehead atoms. The van der Waals surface area contributed by atoms with Crippen molar-refractivity contribution in [2.75, 3.05) is 0 Å². The smallest absolute Gasteiger partial charge is 0.254 e. The summed E-state index contributed by atoms with van der Waals surface area (Å²) in [5.74, 6) is 0. The molecule has 0 aliphatic rings. The molecule has 1 heterocycles. The monoisotopic (exact) mass is 162 g/mol. The number of thiol groups is 1. The minimum absolute atomic E-state index is 1.50. The molecule has 0 unspecified atom stereocenters. The van der Waals surface area contributed by atoms with Crippen LogP contribution in [0.4, 0.5) is 0 Å². The van der Waals surface area contributed by atoms with Crippen molar-refractivity contribution in [2.45, 2.75) is 0 Å². The summed E-state index contributed by atoms with van der Waals surface area (Å²) in [4.78, 5) is 7.35. The van der Waals surface area contributed by atoms with Gasteiger partial charge in [0.2, 0.25) is 0 Å². The van der Waals surface area contributed by atoms with Gasteiger partial charge < -0.3 is 0 Å². The van der Waals surface area contributed by atoms with Crippen LogP contribution in [0.1, 0.15) is 0 Å². The van der Waals surface area contributed by atoms with Crippen molar-refractivity contribution < 1.29 is 13.0 Å². The van der Waals surface area contributed by atoms with Gasteiger partial charge in [0.15, 0.2) is 0 Å². The molecule has 0 amide bonds. The Labute approximate surface area is 59.5 Å². The quantitative estimate of drug-likeness (QED) is 0.399. The highest BCUT2D eigenvalue weighted by atomic mass is 32.2. The zero-order chi connectivity index (χ0) is 7.82. The van der Waals surface area contributed by atoms with Crippen LogP contribution in [0.3, 0.4) is 0 Å². The first-order chi connectivity index (χ1) is 4.73. The third kappa shape index (κ3) is 10.1. The summed E-state index contributed by atoms with van der Waals surface area (Å²) in [6, 6.07) is 1.78. The fourth-order valence-electron chi connectivity index (χ4n) is 0.253. The molecule has 0 aliphatic carbocycles. The molecule has 0 fully saturated rings. The van der Waals surface area contributed by atoms with Gasteiger partial charge in [-0.2, -0.15) is 0 Å². The van der Waals surface area contributed by atoms with E-state index in [1.807, 2.05) is 0 Å². The highest BCUT2D eigenvalue weighted by molar-refractivity contribution is 7.66. The lowest BCUT2D eigenvalue weighted by Crippen LogP contribution is -1.66. The van der Waals surface area contributed by atoms with Crippen LogP contribution in [0.2, 0.25) is 0 Å². The van der Waals surface area contributed by atoms with Gasteiger partial charge in [-0.3, -0.25) is 4.55 Å². The van der Waals surface area contributed by atoms with E-state index in [-0.39, 0.29) is 0 Å². The molecule has 0 saturated heterocycles. The Balaban J connectivity index is 0.000000180. The number of aromatic nitrogens is 2. The molecule has 5 nitrogen and oxygen atoms in total. The summed E-state index contributed by atoms with van der Waals surface area (Å²) < 4.78 is 24.2. The Bertz CT molecular complexity index is 188. The summed E-state index contributed by atoms with van der Waals surface area (Å²) >= 11 is 0. The fraction of sp³-hybridized carbons (Fsp3) is 0. The molecule has 6 heteroatoms. The van der Waals surface area contributed by atoms with Gasteiger partial charge in [0.1, 0.15) is 6.33 Å². The second kappa shape index (κ2) is 6.12. The van der Waals surface area contributed by atoms with Gasteiger partial charge in [0.25, 0.3) is 11.0 Å². The predicted molar refractivity (Wildman–Crippen MR) is 35.0 cm³/mol. The summed E-state index contributed by atoms with van der Waals surface area (Å²) in [6.07, 6.45) is 4.88. The Morgan fingerprint density at radius 2 is 1.60 bits per heavy atom. The number of nitrogens with zero attached hydrogens (tertiary/aromatic N) is 2. The lowest BCUT2D eigenvalue weighted by Gasteiger charge is -1.70. The van der Waals surface area contributed by atoms with Crippen LogP contribution in [0, 0.1) is 0 Å². The lowest BCUT2D eigenvalue weighted by molar-refractivity contribution is 0.509. The van der Waals surface area contributed by atoms with Gasteiger partial charge in [-0.1, -0.05) is 0 Å². The van der Waals surface area contributed by atoms with Gasteiger partial charge in [-0.05, 0) is 6.07 Å². The Hall–Kier alpha value is -1.01. The summed E-state index contributed by atoms with van der Waals surface area (Å²) in [7, 11) is -3.12. The molecule has 1 N–H and O–H groups in total. The summed E-state index contributed by atoms with van der Waals surface area (Å²) in [5, 5.41) is 0. The van der Waals surface area contributed by atoms with Crippen LogP contribution in [0.5, 0.6) is 0 Å². The molecule has 1 aromatic rings. The Morgan fingerprint density at radius 3 is 1.70 bits per heavy atom. The van der Waals surface area contributed by atoms with E-state index in [1.54, 1.807) is 18.5 Å². The third-order valence-electron chi connectivity index (χ3n) is 0.478. The number of hydrogen-bond acceptors (Lipinski definition) is 4. The van der Waals surface area contributed by atoms with Crippen molar-refractivity contribution in [1.82, 2.24) is 9.97 Å². The largest absolute Gasteiger partial charge is 0.288 e. The summed E-state index contributed by atoms with van der Waals surface area (Å²) in [5.41, 5.74) is 0. The standard InChI is InChI=1S/C4H4N2.H2O3S/c1-2-5-4-6-3-1;1-4(2)3/h1-4H;4H,(H,1,2,3). The lowest BCUT2D eigenvalue weighted by atomic mass is 10.7. The van der Waals surface area contributed by atoms with Gasteiger partial charge >= 0.3 is 0 Å². The highest BCUT2D eigenvalue weighted by Gasteiger charge is 1.59. The Kier molecular flexibility index (Phi) is 5.50. The van der Waals surface area contributed by atoms with Gasteiger partial charge in [0, 0.05) is 12.4 Å². The van der Waals surface area contributed by atoms with Gasteiger partial charge in [0.05, 0.1) is 0 Å². The van der Waals surface area contributed by atoms with Crippen molar-refractivity contribution in [3.05, 3.63) is 24.8 Å². The molecule has 0 aromatic carbocycles. The Morgan fingerprint density at radius 1 is 1.20 bits per heavy atom. The molecule has 56 valence electrons. The molecule has 10 heavy (non-hydrogen) atoms. The van der Waals surface area contributed by atoms with Gasteiger partial charge in [-0.25, -0.2) is 18.4 Å². The molecule has 0 aliphatic heterocycles. The van der Waals surface area contributed by atoms with Crippen LogP contribution in [-0.4, -0.2) is 22.9 Å². The first kappa shape index (κ1) is 8.99. The average Bonchev–Trinajstić information content (AvgIpc) is 1.90. The van der Waals surface area contributed by atoms with Crippen LogP contribution in [0.25, 0.3) is 0 Å². The first-order valence-corrected chi connectivity index (χ1v) is 3.39. The van der Waals surface area contributed by atoms with Crippen molar-refractivity contribution >= 4 is 11.0 Å². The third-order valence-corrected chi connectivity index (χ3v) is 0.478. The SMILES string of the molecule is O=[SH](=O)O.c1cncnc1. The fourth-order valence-corrected chi connectivity index (χ4v) is 0.253. The van der Waals surface area contributed by atoms with Crippen molar-refractivity contribution in [3.63, 3.8) is 0 Å². The molecular weight excluding hydrogens is 156 g/mol. The topological polar surface area (TPSA) is 80.2 Å². The average molecular weight is 162 g/mol. The zero-order valence-electron chi connectivity index (χ0n) is 4.91. The van der Waals surface area contributed by atoms with E-state index < -0.39 is 11.0 Å². The van der Waals surface area contributed by atoms with E-state index in [0.29, 0.717) is 0 Å². The maximum absolute atomic E-state index is 8.59. The van der Waals surface area contributed by atoms with E-state index in [4.69, 9.17) is 13.0 Å². The maximum atomic E-state index is 8.59. The molecule has 0 radical (unpaired) electrons. The van der Waals surface area contributed by atoms with Gasteiger partial charge in [-0.15, -0.1) is 0 Å². The zero-order valence-corrected chi connectivity index (χ0v) is 5.81. The van der Waals surface area contributed by atoms with Crippen molar-refractivity contribution in [1.29, 1.82) is 0 Å². The molecular formula is C4H6N2O3S. The summed E-state index contributed by atoms with van der Waals surface area (Å²) in [6.45, 7) is 0. The first-order valence-electron chi connectivity index (χ1n) is 2.26. The highest BCUT2D eigenvalue weighted by Crippen LogP contribution is 1.66. The van der Waals surface area contributed by atoms with E-state index >= 15 is 0 Å². The predicted octanol–water partition coefficient (Wildman–Crippen LogP) is -0.453. The minimum Gasteiger partial charge on any atom is -0.288 e. The number of rotatable bonds is 0. The second-order valence-corrected chi connectivity index (χ2v) is 1.62. The molecule has 1 rings (SSSR count). The van der Waals surface area contributed by atoms with E-state index in [2.05, 4.69) is 9.97 Å². The van der Waals surface area contributed by atoms with E-state index in [9.17, 15) is 0 Å². The second-order valence-electron chi connectivity index (χ2n) is 1.14. The molecule has 0 spiro atoms. The number of hydrogen-bond donors (Lipinski definition) is 2. The van der Waals surface area contributed by atoms with Crippen LogP contribution in [0.15, 0.2) is 24.8 Å². The van der Waals surface area contributed by atoms with Crippen LogP contribution in [-0.2, 0) is 11.0 Å². The molecule has 1 aromatic heterocycles. The van der Waals surface area contributed by atoms with E-state index in [1.165, 1.54) is 6.33 Å². The van der Waals surface area contributed by atoms with Crippen molar-refractivity contribution in [2.24, 2.45) is 0 Å². The normalized spacial score (nSPS) is 8.20. The van der Waals surface area contributed by atoms with E-state index in [0.717, 1.165) is 0 Å². The minimum atomic E-state index is -3.12. The molecule has 0 saturated carbocycles. The molecule has 0 atom stereocenters. The van der Waals surface area contributed by atoms with Crippen molar-refractivity contribution in [3.8, 4) is 0 Å². The van der Waals surface area contributed by atoms with Crippen LogP contribution >= 0.6 is 0 Å². The van der Waals surface area contributed by atoms with Crippen LogP contribution < -0.4 is 0 Å². The maximum Gasteiger partial charge on any atom is 0.254 e.